The van der Waals surface area contributed by atoms with Crippen LogP contribution in [0.25, 0.3) is 0 Å². The number of carbonyl (C=O) groups excluding carboxylic acids is 2. The Morgan fingerprint density at radius 2 is 1.25 bits per heavy atom. The monoisotopic (exact) mass is 1070 g/mol. The number of phosphoric acid groups is 2. The Bertz CT molecular complexity index is 2020. The second-order valence-electron chi connectivity index (χ2n) is 17.8. The number of hydrogen-bond donors (Lipinski definition) is 6. The van der Waals surface area contributed by atoms with E-state index in [0.29, 0.717) is 25.7 Å². The number of nitrogen functional groups attached to an aromatic ring is 1. The molecule has 1 fully saturated rings. The summed E-state index contributed by atoms with van der Waals surface area (Å²) in [6, 6.07) is 1.24. The van der Waals surface area contributed by atoms with Gasteiger partial charge in [-0.2, -0.15) is 9.29 Å². The number of phosphoric ester groups is 2. The Kier molecular flexibility index (Phi) is 35.4. The predicted octanol–water partition coefficient (Wildman–Crippen LogP) is 9.86. The van der Waals surface area contributed by atoms with E-state index in [-0.39, 0.29) is 18.7 Å². The molecule has 0 aromatic carbocycles. The molecule has 1 aromatic heterocycles. The van der Waals surface area contributed by atoms with Crippen molar-refractivity contribution in [1.29, 1.82) is 0 Å². The maximum atomic E-state index is 12.9. The molecule has 414 valence electrons. The lowest BCUT2D eigenvalue weighted by molar-refractivity contribution is -0.161. The lowest BCUT2D eigenvalue weighted by Crippen LogP contribution is -2.36. The minimum atomic E-state index is -5.45. The van der Waals surface area contributed by atoms with Gasteiger partial charge in [-0.3, -0.25) is 23.2 Å². The van der Waals surface area contributed by atoms with Crippen LogP contribution in [0.5, 0.6) is 0 Å². The Hall–Kier alpha value is -3.84. The third kappa shape index (κ3) is 32.3. The molecule has 7 N–H and O–H groups in total. The molecule has 1 saturated heterocycles. The van der Waals surface area contributed by atoms with E-state index >= 15 is 0 Å². The van der Waals surface area contributed by atoms with Gasteiger partial charge < -0.3 is 45.1 Å². The smallest absolute Gasteiger partial charge is 0.462 e. The minimum Gasteiger partial charge on any atom is -0.462 e. The quantitative estimate of drug-likeness (QED) is 0.0154. The van der Waals surface area contributed by atoms with Gasteiger partial charge in [0.25, 0.3) is 0 Å². The van der Waals surface area contributed by atoms with Gasteiger partial charge in [0, 0.05) is 19.0 Å². The standard InChI is InChI=1S/C52H85N3O16P2/c1-3-5-7-8-9-10-11-12-13-14-15-16-20-23-26-29-32-36-47(57)66-40-44(69-48(58)37-33-30-27-24-21-18-17-19-22-25-28-31-35-43(56)34-6-4-2)41-67-72(62,63)71-73(64,65)68-42-45-49(59)50(60)51(70-45)55-39-38-46(53)54-52(55)61/h9-10,12-13,17-18,22,24-25,27,31,35,38-39,43-45,49-51,56,59-60H,3-8,11,14-16,19-21,23,26,28-30,32-34,36-37,40-42H2,1-2H3,(H,62,63)(H,64,65)(H2,53,54,61)/b10-9-,13-12-,18-17-,25-22-,27-24-,35-31-/t43-,44-,45-,49-,50-,51-/m1/s1. The number of nitrogens with zero attached hydrogens (tertiary/aromatic N) is 2. The van der Waals surface area contributed by atoms with Gasteiger partial charge in [0.1, 0.15) is 30.7 Å². The van der Waals surface area contributed by atoms with Crippen LogP contribution in [0.15, 0.2) is 90.0 Å². The molecule has 2 heterocycles. The lowest BCUT2D eigenvalue weighted by Gasteiger charge is -2.21. The summed E-state index contributed by atoms with van der Waals surface area (Å²) in [7, 11) is -10.9. The third-order valence-corrected chi connectivity index (χ3v) is 13.9. The van der Waals surface area contributed by atoms with Crippen molar-refractivity contribution in [3.05, 3.63) is 95.7 Å². The zero-order valence-electron chi connectivity index (χ0n) is 43.0. The Morgan fingerprint density at radius 1 is 0.712 bits per heavy atom. The normalized spacial score (nSPS) is 20.0. The van der Waals surface area contributed by atoms with Gasteiger partial charge in [-0.15, -0.1) is 0 Å². The summed E-state index contributed by atoms with van der Waals surface area (Å²) in [6.07, 6.45) is 37.4. The van der Waals surface area contributed by atoms with Crippen molar-refractivity contribution in [1.82, 2.24) is 9.55 Å². The number of aromatic nitrogens is 2. The first kappa shape index (κ1) is 65.3. The number of aliphatic hydroxyl groups is 3. The summed E-state index contributed by atoms with van der Waals surface area (Å²) in [5.74, 6) is -1.40. The summed E-state index contributed by atoms with van der Waals surface area (Å²) in [5.41, 5.74) is 4.58. The summed E-state index contributed by atoms with van der Waals surface area (Å²) in [6.45, 7) is 1.91. The van der Waals surface area contributed by atoms with E-state index in [0.717, 1.165) is 101 Å². The number of hydrogen-bond acceptors (Lipinski definition) is 16. The Balaban J connectivity index is 1.83. The second-order valence-corrected chi connectivity index (χ2v) is 20.9. The summed E-state index contributed by atoms with van der Waals surface area (Å²) in [4.78, 5) is 61.9. The number of unbranched alkanes of at least 4 members (excludes halogenated alkanes) is 12. The van der Waals surface area contributed by atoms with E-state index in [2.05, 4.69) is 53.5 Å². The molecule has 0 bridgehead atoms. The van der Waals surface area contributed by atoms with Crippen molar-refractivity contribution in [2.24, 2.45) is 0 Å². The van der Waals surface area contributed by atoms with E-state index in [9.17, 15) is 48.6 Å². The van der Waals surface area contributed by atoms with Crippen LogP contribution in [0.3, 0.4) is 0 Å². The van der Waals surface area contributed by atoms with Gasteiger partial charge >= 0.3 is 33.3 Å². The number of ether oxygens (including phenoxy) is 3. The highest BCUT2D eigenvalue weighted by Crippen LogP contribution is 2.60. The Morgan fingerprint density at radius 3 is 1.86 bits per heavy atom. The van der Waals surface area contributed by atoms with Crippen molar-refractivity contribution in [3.63, 3.8) is 0 Å². The first-order valence-corrected chi connectivity index (χ1v) is 29.0. The number of rotatable bonds is 42. The van der Waals surface area contributed by atoms with E-state index in [1.807, 2.05) is 42.5 Å². The molecule has 21 heteroatoms. The van der Waals surface area contributed by atoms with E-state index in [1.54, 1.807) is 0 Å². The minimum absolute atomic E-state index is 0.0475. The number of nitrogens with two attached hydrogens (primary N) is 1. The predicted molar refractivity (Wildman–Crippen MR) is 281 cm³/mol. The SMILES string of the molecule is CCCCC/C=C\C/C=C\CCCCCCCCCC(=O)OC[C@H](COP(=O)(O)OP(=O)(O)OC[C@H]1O[C@@H](n2ccc(N)nc2=O)[C@H](O)[C@@H]1O)OC(=O)CCC/C=C\C/C=C\C/C=C\C/C=C\[C@H](O)CCCC. The van der Waals surface area contributed by atoms with Crippen LogP contribution in [0.4, 0.5) is 5.82 Å². The highest BCUT2D eigenvalue weighted by Gasteiger charge is 2.46. The molecule has 0 saturated carbocycles. The highest BCUT2D eigenvalue weighted by molar-refractivity contribution is 7.61. The van der Waals surface area contributed by atoms with Crippen LogP contribution >= 0.6 is 15.6 Å². The molecular weight excluding hydrogens is 985 g/mol. The third-order valence-electron chi connectivity index (χ3n) is 11.3. The average Bonchev–Trinajstić information content (AvgIpc) is 3.62. The molecule has 0 spiro atoms. The van der Waals surface area contributed by atoms with Gasteiger partial charge in [0.2, 0.25) is 0 Å². The number of esters is 2. The maximum Gasteiger partial charge on any atom is 0.481 e. The first-order valence-electron chi connectivity index (χ1n) is 26.0. The molecule has 2 unspecified atom stereocenters. The molecular formula is C52H85N3O16P2. The second kappa shape index (κ2) is 39.6. The van der Waals surface area contributed by atoms with Crippen molar-refractivity contribution >= 4 is 33.4 Å². The molecule has 1 aliphatic rings. The first-order chi connectivity index (χ1) is 35.1. The zero-order chi connectivity index (χ0) is 53.6. The van der Waals surface area contributed by atoms with Crippen LogP contribution in [-0.2, 0) is 46.3 Å². The fraction of sp³-hybridized carbons (Fsp3) is 0.654. The van der Waals surface area contributed by atoms with Crippen molar-refractivity contribution in [2.75, 3.05) is 25.6 Å². The van der Waals surface area contributed by atoms with Gasteiger partial charge in [0.05, 0.1) is 19.3 Å². The molecule has 19 nitrogen and oxygen atoms in total. The summed E-state index contributed by atoms with van der Waals surface area (Å²) < 4.78 is 56.7. The van der Waals surface area contributed by atoms with Crippen molar-refractivity contribution < 1.29 is 71.4 Å². The highest BCUT2D eigenvalue weighted by atomic mass is 31.3. The van der Waals surface area contributed by atoms with Crippen molar-refractivity contribution in [2.45, 2.75) is 198 Å². The molecule has 73 heavy (non-hydrogen) atoms. The van der Waals surface area contributed by atoms with Crippen LogP contribution < -0.4 is 11.4 Å². The molecule has 0 radical (unpaired) electrons. The fourth-order valence-corrected chi connectivity index (χ4v) is 9.35. The number of allylic oxidation sites excluding steroid dienone is 11. The summed E-state index contributed by atoms with van der Waals surface area (Å²) >= 11 is 0. The summed E-state index contributed by atoms with van der Waals surface area (Å²) in [5, 5.41) is 30.8. The van der Waals surface area contributed by atoms with E-state index < -0.39 is 89.8 Å². The van der Waals surface area contributed by atoms with Crippen LogP contribution in [-0.4, -0.2) is 96.9 Å². The van der Waals surface area contributed by atoms with Gasteiger partial charge in [-0.25, -0.2) is 13.9 Å². The molecule has 0 amide bonds. The molecule has 2 rings (SSSR count). The number of anilines is 1. The molecule has 8 atom stereocenters. The average molecular weight is 1070 g/mol. The fourth-order valence-electron chi connectivity index (χ4n) is 7.24. The molecule has 1 aromatic rings. The number of carbonyl (C=O) groups is 2. The molecule has 0 aliphatic carbocycles. The van der Waals surface area contributed by atoms with Gasteiger partial charge in [-0.05, 0) is 83.1 Å². The van der Waals surface area contributed by atoms with Crippen LogP contribution in [0, 0.1) is 0 Å². The van der Waals surface area contributed by atoms with Crippen LogP contribution in [0.1, 0.15) is 168 Å². The van der Waals surface area contributed by atoms with Gasteiger partial charge in [0.15, 0.2) is 12.3 Å². The van der Waals surface area contributed by atoms with Gasteiger partial charge in [-0.1, -0.05) is 145 Å². The maximum absolute atomic E-state index is 12.9. The van der Waals surface area contributed by atoms with Crippen LogP contribution in [0.2, 0.25) is 0 Å². The zero-order valence-corrected chi connectivity index (χ0v) is 44.8. The lowest BCUT2D eigenvalue weighted by atomic mass is 10.1. The van der Waals surface area contributed by atoms with E-state index in [1.165, 1.54) is 25.3 Å². The number of aliphatic hydroxyl groups excluding tert-OH is 3. The van der Waals surface area contributed by atoms with E-state index in [4.69, 9.17) is 29.0 Å². The largest absolute Gasteiger partial charge is 0.481 e. The van der Waals surface area contributed by atoms with Crippen molar-refractivity contribution in [3.8, 4) is 0 Å². The Labute approximate surface area is 432 Å². The topological polar surface area (TPSA) is 286 Å². The molecule has 1 aliphatic heterocycles.